The van der Waals surface area contributed by atoms with E-state index in [2.05, 4.69) is 5.32 Å². The number of methoxy groups -OCH3 is 2. The summed E-state index contributed by atoms with van der Waals surface area (Å²) in [6, 6.07) is 8.16. The van der Waals surface area contributed by atoms with Crippen molar-refractivity contribution in [2.24, 2.45) is 0 Å². The number of amides is 1. The van der Waals surface area contributed by atoms with Crippen LogP contribution >= 0.6 is 23.2 Å². The van der Waals surface area contributed by atoms with Crippen LogP contribution in [-0.4, -0.2) is 20.1 Å². The van der Waals surface area contributed by atoms with E-state index in [1.807, 2.05) is 0 Å². The zero-order chi connectivity index (χ0) is 20.4. The third kappa shape index (κ3) is 3.93. The number of benzene rings is 2. The summed E-state index contributed by atoms with van der Waals surface area (Å²) in [7, 11) is 2.96. The highest BCUT2D eigenvalue weighted by atomic mass is 35.5. The second-order valence-electron chi connectivity index (χ2n) is 6.05. The van der Waals surface area contributed by atoms with Gasteiger partial charge in [-0.25, -0.2) is 4.79 Å². The Labute approximate surface area is 171 Å². The van der Waals surface area contributed by atoms with Crippen molar-refractivity contribution in [3.05, 3.63) is 61.9 Å². The molecule has 1 amide bonds. The first-order valence-electron chi connectivity index (χ1n) is 8.27. The van der Waals surface area contributed by atoms with Gasteiger partial charge in [0.1, 0.15) is 0 Å². The van der Waals surface area contributed by atoms with Crippen LogP contribution in [0.1, 0.15) is 11.1 Å². The molecule has 0 aliphatic heterocycles. The number of nitrogens with one attached hydrogen (secondary N) is 1. The minimum atomic E-state index is -0.615. The lowest BCUT2D eigenvalue weighted by Crippen LogP contribution is -2.20. The number of ether oxygens (including phenoxy) is 2. The second-order valence-corrected chi connectivity index (χ2v) is 6.93. The van der Waals surface area contributed by atoms with Crippen LogP contribution in [0.15, 0.2) is 39.5 Å². The number of fused-ring (bicyclic) bond motifs is 1. The van der Waals surface area contributed by atoms with Gasteiger partial charge in [0, 0.05) is 21.1 Å². The molecule has 3 aromatic rings. The van der Waals surface area contributed by atoms with E-state index in [-0.39, 0.29) is 17.6 Å². The third-order valence-corrected chi connectivity index (χ3v) is 4.72. The number of carbonyl (C=O) groups excluding carboxylic acids is 1. The molecule has 1 heterocycles. The Morgan fingerprint density at radius 1 is 1.11 bits per heavy atom. The molecule has 0 aliphatic rings. The molecule has 0 fully saturated rings. The van der Waals surface area contributed by atoms with Gasteiger partial charge < -0.3 is 19.2 Å². The van der Waals surface area contributed by atoms with Crippen LogP contribution < -0.4 is 20.4 Å². The molecule has 6 nitrogen and oxygen atoms in total. The van der Waals surface area contributed by atoms with Crippen molar-refractivity contribution in [3.63, 3.8) is 0 Å². The zero-order valence-corrected chi connectivity index (χ0v) is 16.9. The summed E-state index contributed by atoms with van der Waals surface area (Å²) in [6.45, 7) is 1.75. The molecule has 0 saturated carbocycles. The van der Waals surface area contributed by atoms with E-state index in [4.69, 9.17) is 37.1 Å². The Bertz CT molecular complexity index is 1100. The van der Waals surface area contributed by atoms with Gasteiger partial charge in [-0.15, -0.1) is 0 Å². The molecule has 8 heteroatoms. The largest absolute Gasteiger partial charge is 0.493 e. The molecule has 2 aromatic carbocycles. The molecule has 0 bridgehead atoms. The number of aryl methyl sites for hydroxylation is 1. The van der Waals surface area contributed by atoms with E-state index in [0.717, 1.165) is 0 Å². The molecule has 28 heavy (non-hydrogen) atoms. The van der Waals surface area contributed by atoms with Crippen molar-refractivity contribution in [1.29, 1.82) is 0 Å². The Morgan fingerprint density at radius 3 is 2.39 bits per heavy atom. The van der Waals surface area contributed by atoms with Gasteiger partial charge in [0.2, 0.25) is 11.7 Å². The van der Waals surface area contributed by atoms with Gasteiger partial charge in [-0.1, -0.05) is 23.2 Å². The van der Waals surface area contributed by atoms with E-state index >= 15 is 0 Å². The van der Waals surface area contributed by atoms with Crippen LogP contribution in [0.5, 0.6) is 11.5 Å². The summed E-state index contributed by atoms with van der Waals surface area (Å²) in [5.41, 5.74) is 0.986. The van der Waals surface area contributed by atoms with Crippen LogP contribution in [-0.2, 0) is 11.2 Å². The Morgan fingerprint density at radius 2 is 1.79 bits per heavy atom. The Hall–Kier alpha value is -2.70. The lowest BCUT2D eigenvalue weighted by atomic mass is 10.0. The Kier molecular flexibility index (Phi) is 5.82. The van der Waals surface area contributed by atoms with Crippen molar-refractivity contribution in [3.8, 4) is 11.5 Å². The van der Waals surface area contributed by atoms with Crippen molar-refractivity contribution < 1.29 is 18.7 Å². The maximum atomic E-state index is 12.5. The average Bonchev–Trinajstić information content (AvgIpc) is 2.63. The molecule has 146 valence electrons. The first-order valence-corrected chi connectivity index (χ1v) is 9.02. The van der Waals surface area contributed by atoms with Crippen LogP contribution in [0.25, 0.3) is 11.0 Å². The van der Waals surface area contributed by atoms with Gasteiger partial charge in [-0.05, 0) is 42.8 Å². The SMILES string of the molecule is COc1ccc2c(C)c(CC(=O)Nc3cc(Cl)cc(Cl)c3)c(=O)oc2c1OC. The number of halogens is 2. The van der Waals surface area contributed by atoms with Crippen LogP contribution in [0.3, 0.4) is 0 Å². The number of carbonyl (C=O) groups is 1. The predicted molar refractivity (Wildman–Crippen MR) is 109 cm³/mol. The van der Waals surface area contributed by atoms with Gasteiger partial charge in [0.05, 0.1) is 26.2 Å². The van der Waals surface area contributed by atoms with Gasteiger partial charge in [0.15, 0.2) is 11.3 Å². The maximum absolute atomic E-state index is 12.5. The molecule has 1 N–H and O–H groups in total. The smallest absolute Gasteiger partial charge is 0.340 e. The summed E-state index contributed by atoms with van der Waals surface area (Å²) in [5.74, 6) is 0.374. The molecule has 0 atom stereocenters. The minimum absolute atomic E-state index is 0.164. The molecule has 1 aromatic heterocycles. The van der Waals surface area contributed by atoms with Gasteiger partial charge >= 0.3 is 5.63 Å². The normalized spacial score (nSPS) is 10.8. The van der Waals surface area contributed by atoms with Crippen molar-refractivity contribution >= 4 is 45.8 Å². The fraction of sp³-hybridized carbons (Fsp3) is 0.200. The summed E-state index contributed by atoms with van der Waals surface area (Å²) >= 11 is 11.9. The summed E-state index contributed by atoms with van der Waals surface area (Å²) < 4.78 is 16.0. The Balaban J connectivity index is 1.97. The van der Waals surface area contributed by atoms with E-state index in [1.165, 1.54) is 14.2 Å². The van der Waals surface area contributed by atoms with Crippen molar-refractivity contribution in [2.45, 2.75) is 13.3 Å². The fourth-order valence-electron chi connectivity index (χ4n) is 2.96. The fourth-order valence-corrected chi connectivity index (χ4v) is 3.49. The summed E-state index contributed by atoms with van der Waals surface area (Å²) in [4.78, 5) is 25.0. The lowest BCUT2D eigenvalue weighted by Gasteiger charge is -2.13. The van der Waals surface area contributed by atoms with E-state index < -0.39 is 11.5 Å². The molecule has 0 unspecified atom stereocenters. The highest BCUT2D eigenvalue weighted by Crippen LogP contribution is 2.36. The average molecular weight is 422 g/mol. The summed E-state index contributed by atoms with van der Waals surface area (Å²) in [6.07, 6.45) is -0.164. The number of hydrogen-bond donors (Lipinski definition) is 1. The topological polar surface area (TPSA) is 77.8 Å². The molecule has 0 aliphatic carbocycles. The van der Waals surface area contributed by atoms with Gasteiger partial charge in [-0.2, -0.15) is 0 Å². The van der Waals surface area contributed by atoms with E-state index in [1.54, 1.807) is 37.3 Å². The molecule has 0 spiro atoms. The van der Waals surface area contributed by atoms with E-state index in [9.17, 15) is 9.59 Å². The molecule has 3 rings (SSSR count). The standard InChI is InChI=1S/C20H17Cl2NO5/c1-10-14-4-5-16(26-2)19(27-3)18(14)28-20(25)15(10)9-17(24)23-13-7-11(21)6-12(22)8-13/h4-8H,9H2,1-3H3,(H,23,24). The van der Waals surface area contributed by atoms with Crippen LogP contribution in [0, 0.1) is 6.92 Å². The van der Waals surface area contributed by atoms with Gasteiger partial charge in [0.25, 0.3) is 0 Å². The monoisotopic (exact) mass is 421 g/mol. The highest BCUT2D eigenvalue weighted by molar-refractivity contribution is 6.35. The highest BCUT2D eigenvalue weighted by Gasteiger charge is 2.19. The first kappa shape index (κ1) is 20.0. The van der Waals surface area contributed by atoms with Gasteiger partial charge in [-0.3, -0.25) is 4.79 Å². The third-order valence-electron chi connectivity index (χ3n) is 4.28. The maximum Gasteiger partial charge on any atom is 0.340 e. The molecular weight excluding hydrogens is 405 g/mol. The first-order chi connectivity index (χ1) is 13.3. The molecule has 0 radical (unpaired) electrons. The second kappa shape index (κ2) is 8.12. The predicted octanol–water partition coefficient (Wildman–Crippen LogP) is 4.61. The van der Waals surface area contributed by atoms with Crippen LogP contribution in [0.2, 0.25) is 10.0 Å². The van der Waals surface area contributed by atoms with Crippen molar-refractivity contribution in [2.75, 3.05) is 19.5 Å². The van der Waals surface area contributed by atoms with E-state index in [0.29, 0.717) is 38.2 Å². The summed E-state index contributed by atoms with van der Waals surface area (Å²) in [5, 5.41) is 4.13. The molecular formula is C20H17Cl2NO5. The number of hydrogen-bond acceptors (Lipinski definition) is 5. The lowest BCUT2D eigenvalue weighted by molar-refractivity contribution is -0.115. The number of anilines is 1. The quantitative estimate of drug-likeness (QED) is 0.608. The molecule has 0 saturated heterocycles. The minimum Gasteiger partial charge on any atom is -0.493 e. The number of rotatable bonds is 5. The van der Waals surface area contributed by atoms with Crippen molar-refractivity contribution in [1.82, 2.24) is 0 Å². The zero-order valence-electron chi connectivity index (χ0n) is 15.4. The van der Waals surface area contributed by atoms with Crippen LogP contribution in [0.4, 0.5) is 5.69 Å².